The molecule has 478 valence electrons. The highest BCUT2D eigenvalue weighted by atomic mass is 16.6. The maximum atomic E-state index is 12.9. The van der Waals surface area contributed by atoms with Gasteiger partial charge in [-0.05, 0) is 103 Å². The van der Waals surface area contributed by atoms with Crippen molar-refractivity contribution < 1.29 is 28.6 Å². The molecule has 0 bridgehead atoms. The standard InChI is InChI=1S/C77H134O6/c1-4-7-10-13-16-19-22-25-28-30-32-33-34-35-36-37-38-39-40-41-42-43-45-46-49-52-55-58-61-64-67-70-76(79)82-73-74(72-81-75(78)69-66-63-60-57-54-51-48-27-24-21-18-15-12-9-6-3)83-77(80)71-68-65-62-59-56-53-50-47-44-31-29-26-23-20-17-14-11-8-5-2/h8,11,17,20,22,25-26,29-30,32,34-35,44,47,53,56,74H,4-7,9-10,12-16,18-19,21,23-24,27-28,31,33,36-43,45-46,48-52,54-55,57-73H2,1-3H3/b11-8-,20-17-,25-22-,29-26-,32-30-,35-34-,47-44-,56-53-. The molecule has 6 nitrogen and oxygen atoms in total. The fraction of sp³-hybridized carbons (Fsp3) is 0.753. The van der Waals surface area contributed by atoms with E-state index in [1.165, 1.54) is 205 Å². The average Bonchev–Trinajstić information content (AvgIpc) is 3.49. The molecule has 0 aromatic rings. The van der Waals surface area contributed by atoms with Gasteiger partial charge in [-0.1, -0.05) is 330 Å². The highest BCUT2D eigenvalue weighted by Gasteiger charge is 2.19. The molecule has 0 aliphatic rings. The predicted molar refractivity (Wildman–Crippen MR) is 362 cm³/mol. The third kappa shape index (κ3) is 69.0. The second-order valence-electron chi connectivity index (χ2n) is 23.8. The Kier molecular flexibility index (Phi) is 67.7. The second-order valence-corrected chi connectivity index (χ2v) is 23.8. The van der Waals surface area contributed by atoms with Gasteiger partial charge in [-0.15, -0.1) is 0 Å². The van der Waals surface area contributed by atoms with Crippen molar-refractivity contribution >= 4 is 17.9 Å². The van der Waals surface area contributed by atoms with Crippen molar-refractivity contribution in [3.8, 4) is 0 Å². The van der Waals surface area contributed by atoms with E-state index in [1.54, 1.807) is 0 Å². The summed E-state index contributed by atoms with van der Waals surface area (Å²) in [5, 5.41) is 0. The number of hydrogen-bond acceptors (Lipinski definition) is 6. The van der Waals surface area contributed by atoms with Gasteiger partial charge >= 0.3 is 17.9 Å². The topological polar surface area (TPSA) is 78.9 Å². The molecular weight excluding hydrogens is 1020 g/mol. The van der Waals surface area contributed by atoms with Gasteiger partial charge in [0.15, 0.2) is 6.10 Å². The van der Waals surface area contributed by atoms with Crippen LogP contribution < -0.4 is 0 Å². The molecule has 0 aromatic carbocycles. The zero-order valence-corrected chi connectivity index (χ0v) is 54.9. The van der Waals surface area contributed by atoms with E-state index in [0.717, 1.165) is 109 Å². The van der Waals surface area contributed by atoms with E-state index in [0.29, 0.717) is 19.3 Å². The molecule has 0 aliphatic heterocycles. The van der Waals surface area contributed by atoms with Crippen molar-refractivity contribution in [2.75, 3.05) is 13.2 Å². The lowest BCUT2D eigenvalue weighted by Gasteiger charge is -2.18. The lowest BCUT2D eigenvalue weighted by Crippen LogP contribution is -2.30. The Hall–Kier alpha value is -3.67. The molecule has 0 radical (unpaired) electrons. The van der Waals surface area contributed by atoms with Crippen LogP contribution in [-0.4, -0.2) is 37.2 Å². The summed E-state index contributed by atoms with van der Waals surface area (Å²) >= 11 is 0. The minimum Gasteiger partial charge on any atom is -0.462 e. The molecule has 0 aromatic heterocycles. The van der Waals surface area contributed by atoms with Gasteiger partial charge in [-0.25, -0.2) is 0 Å². The molecule has 0 N–H and O–H groups in total. The normalized spacial score (nSPS) is 12.7. The van der Waals surface area contributed by atoms with Crippen LogP contribution in [0, 0.1) is 0 Å². The van der Waals surface area contributed by atoms with Gasteiger partial charge in [-0.2, -0.15) is 0 Å². The molecule has 6 heteroatoms. The van der Waals surface area contributed by atoms with Gasteiger partial charge in [-0.3, -0.25) is 14.4 Å². The molecule has 0 rings (SSSR count). The number of hydrogen-bond donors (Lipinski definition) is 0. The largest absolute Gasteiger partial charge is 0.462 e. The van der Waals surface area contributed by atoms with Gasteiger partial charge in [0.1, 0.15) is 13.2 Å². The van der Waals surface area contributed by atoms with Crippen LogP contribution in [0.15, 0.2) is 97.2 Å². The summed E-state index contributed by atoms with van der Waals surface area (Å²) in [6.45, 7) is 6.53. The maximum Gasteiger partial charge on any atom is 0.306 e. The highest BCUT2D eigenvalue weighted by Crippen LogP contribution is 2.17. The molecule has 83 heavy (non-hydrogen) atoms. The summed E-state index contributed by atoms with van der Waals surface area (Å²) in [6, 6.07) is 0. The highest BCUT2D eigenvalue weighted by molar-refractivity contribution is 5.71. The van der Waals surface area contributed by atoms with E-state index in [-0.39, 0.29) is 31.1 Å². The third-order valence-electron chi connectivity index (χ3n) is 15.6. The number of ether oxygens (including phenoxy) is 3. The number of carbonyl (C=O) groups excluding carboxylic acids is 3. The van der Waals surface area contributed by atoms with Crippen LogP contribution in [0.1, 0.15) is 355 Å². The van der Waals surface area contributed by atoms with E-state index < -0.39 is 6.10 Å². The Morgan fingerprint density at radius 2 is 0.470 bits per heavy atom. The summed E-state index contributed by atoms with van der Waals surface area (Å²) in [6.07, 6.45) is 95.8. The molecule has 0 spiro atoms. The first-order valence-electron chi connectivity index (χ1n) is 35.7. The van der Waals surface area contributed by atoms with E-state index in [4.69, 9.17) is 14.2 Å². The second kappa shape index (κ2) is 70.8. The van der Waals surface area contributed by atoms with Crippen LogP contribution in [0.2, 0.25) is 0 Å². The zero-order valence-electron chi connectivity index (χ0n) is 54.9. The van der Waals surface area contributed by atoms with E-state index in [9.17, 15) is 14.4 Å². The lowest BCUT2D eigenvalue weighted by atomic mass is 10.0. The van der Waals surface area contributed by atoms with Crippen molar-refractivity contribution in [2.45, 2.75) is 361 Å². The molecule has 0 aliphatic carbocycles. The summed E-state index contributed by atoms with van der Waals surface area (Å²) in [5.41, 5.74) is 0. The fourth-order valence-corrected chi connectivity index (χ4v) is 10.2. The van der Waals surface area contributed by atoms with Crippen LogP contribution in [0.3, 0.4) is 0 Å². The number of allylic oxidation sites excluding steroid dienone is 16. The predicted octanol–water partition coefficient (Wildman–Crippen LogP) is 24.8. The summed E-state index contributed by atoms with van der Waals surface area (Å²) in [7, 11) is 0. The Bertz CT molecular complexity index is 1610. The Morgan fingerprint density at radius 1 is 0.253 bits per heavy atom. The summed E-state index contributed by atoms with van der Waals surface area (Å²) in [4.78, 5) is 38.4. The smallest absolute Gasteiger partial charge is 0.306 e. The van der Waals surface area contributed by atoms with Crippen LogP contribution in [-0.2, 0) is 28.6 Å². The minimum atomic E-state index is -0.795. The Labute approximate surface area is 515 Å². The lowest BCUT2D eigenvalue weighted by molar-refractivity contribution is -0.167. The van der Waals surface area contributed by atoms with Gasteiger partial charge in [0.05, 0.1) is 0 Å². The van der Waals surface area contributed by atoms with Crippen molar-refractivity contribution in [2.24, 2.45) is 0 Å². The Morgan fingerprint density at radius 3 is 0.747 bits per heavy atom. The van der Waals surface area contributed by atoms with Crippen molar-refractivity contribution in [1.29, 1.82) is 0 Å². The van der Waals surface area contributed by atoms with Crippen molar-refractivity contribution in [3.05, 3.63) is 97.2 Å². The number of rotatable bonds is 65. The zero-order chi connectivity index (χ0) is 59.9. The quantitative estimate of drug-likeness (QED) is 0.0261. The molecule has 0 saturated carbocycles. The molecule has 1 unspecified atom stereocenters. The number of carbonyl (C=O) groups is 3. The fourth-order valence-electron chi connectivity index (χ4n) is 10.2. The van der Waals surface area contributed by atoms with E-state index in [1.807, 2.05) is 0 Å². The minimum absolute atomic E-state index is 0.0871. The first-order chi connectivity index (χ1) is 41.0. The molecule has 0 saturated heterocycles. The molecule has 0 fully saturated rings. The molecule has 0 amide bonds. The van der Waals surface area contributed by atoms with E-state index >= 15 is 0 Å². The summed E-state index contributed by atoms with van der Waals surface area (Å²) in [5.74, 6) is -0.902. The van der Waals surface area contributed by atoms with Crippen molar-refractivity contribution in [3.63, 3.8) is 0 Å². The molecule has 0 heterocycles. The first kappa shape index (κ1) is 79.3. The average molecular weight is 1160 g/mol. The third-order valence-corrected chi connectivity index (χ3v) is 15.6. The molecule has 1 atom stereocenters. The van der Waals surface area contributed by atoms with E-state index in [2.05, 4.69) is 118 Å². The van der Waals surface area contributed by atoms with Crippen LogP contribution in [0.25, 0.3) is 0 Å². The molecular formula is C77H134O6. The van der Waals surface area contributed by atoms with Crippen LogP contribution in [0.4, 0.5) is 0 Å². The number of unbranched alkanes of at least 4 members (excludes halogenated alkanes) is 38. The van der Waals surface area contributed by atoms with Crippen LogP contribution >= 0.6 is 0 Å². The number of esters is 3. The van der Waals surface area contributed by atoms with Crippen molar-refractivity contribution in [1.82, 2.24) is 0 Å². The first-order valence-corrected chi connectivity index (χ1v) is 35.7. The Balaban J connectivity index is 4.28. The SMILES string of the molecule is CC/C=C\C/C=C\C/C=C\C/C=C\C/C=C\CCCCCC(=O)OC(COC(=O)CCCCCCCCCCCCCCCCC)COC(=O)CCCCCCCCCCCCCCCCCC/C=C\C/C=C\C/C=C\CCCCCCC. The summed E-state index contributed by atoms with van der Waals surface area (Å²) < 4.78 is 17.0. The van der Waals surface area contributed by atoms with Gasteiger partial charge in [0.2, 0.25) is 0 Å². The monoisotopic (exact) mass is 1160 g/mol. The maximum absolute atomic E-state index is 12.9. The van der Waals surface area contributed by atoms with Gasteiger partial charge in [0.25, 0.3) is 0 Å². The van der Waals surface area contributed by atoms with Gasteiger partial charge < -0.3 is 14.2 Å². The van der Waals surface area contributed by atoms with Gasteiger partial charge in [0, 0.05) is 19.3 Å². The van der Waals surface area contributed by atoms with Crippen LogP contribution in [0.5, 0.6) is 0 Å².